The standard InChI is InChI=1S/C21H19NO2/c1-16-10-6-8-14-19(16)22(17-11-4-3-5-12-17)20-15-9-7-13-18(20)21(23)24-2/h3-15H,1-2H3. The van der Waals surface area contributed by atoms with Crippen LogP contribution < -0.4 is 4.90 Å². The van der Waals surface area contributed by atoms with E-state index < -0.39 is 0 Å². The van der Waals surface area contributed by atoms with Crippen molar-refractivity contribution in [2.75, 3.05) is 12.0 Å². The highest BCUT2D eigenvalue weighted by atomic mass is 16.5. The van der Waals surface area contributed by atoms with Gasteiger partial charge in [-0.3, -0.25) is 0 Å². The highest BCUT2D eigenvalue weighted by Gasteiger charge is 2.20. The number of aryl methyl sites for hydroxylation is 1. The number of carbonyl (C=O) groups excluding carboxylic acids is 1. The summed E-state index contributed by atoms with van der Waals surface area (Å²) in [5.74, 6) is -0.347. The molecule has 0 bridgehead atoms. The van der Waals surface area contributed by atoms with Gasteiger partial charge in [-0.1, -0.05) is 48.5 Å². The molecule has 0 fully saturated rings. The molecule has 0 saturated carbocycles. The Morgan fingerprint density at radius 3 is 2.04 bits per heavy atom. The van der Waals surface area contributed by atoms with Crippen LogP contribution in [0.3, 0.4) is 0 Å². The zero-order chi connectivity index (χ0) is 16.9. The van der Waals surface area contributed by atoms with Crippen LogP contribution in [0.15, 0.2) is 78.9 Å². The average molecular weight is 317 g/mol. The Kier molecular flexibility index (Phi) is 4.62. The Morgan fingerprint density at radius 1 is 0.792 bits per heavy atom. The Labute approximate surface area is 142 Å². The van der Waals surface area contributed by atoms with Gasteiger partial charge in [0.25, 0.3) is 0 Å². The average Bonchev–Trinajstić information content (AvgIpc) is 2.64. The maximum absolute atomic E-state index is 12.2. The molecule has 0 heterocycles. The van der Waals surface area contributed by atoms with Crippen molar-refractivity contribution in [2.45, 2.75) is 6.92 Å². The molecule has 0 radical (unpaired) electrons. The minimum Gasteiger partial charge on any atom is -0.465 e. The van der Waals surface area contributed by atoms with Crippen LogP contribution in [0, 0.1) is 6.92 Å². The van der Waals surface area contributed by atoms with Gasteiger partial charge in [0, 0.05) is 11.4 Å². The Morgan fingerprint density at radius 2 is 1.38 bits per heavy atom. The minimum absolute atomic E-state index is 0.347. The molecule has 0 aliphatic carbocycles. The number of hydrogen-bond acceptors (Lipinski definition) is 3. The monoisotopic (exact) mass is 317 g/mol. The molecule has 3 aromatic rings. The van der Waals surface area contributed by atoms with Crippen LogP contribution in [0.2, 0.25) is 0 Å². The predicted molar refractivity (Wildman–Crippen MR) is 97.2 cm³/mol. The molecular weight excluding hydrogens is 298 g/mol. The Hall–Kier alpha value is -3.07. The normalized spacial score (nSPS) is 10.2. The molecule has 3 rings (SSSR count). The van der Waals surface area contributed by atoms with Gasteiger partial charge in [-0.05, 0) is 42.8 Å². The van der Waals surface area contributed by atoms with E-state index in [1.165, 1.54) is 7.11 Å². The van der Waals surface area contributed by atoms with Crippen LogP contribution >= 0.6 is 0 Å². The van der Waals surface area contributed by atoms with Gasteiger partial charge in [-0.25, -0.2) is 4.79 Å². The molecule has 24 heavy (non-hydrogen) atoms. The van der Waals surface area contributed by atoms with Gasteiger partial charge in [-0.15, -0.1) is 0 Å². The lowest BCUT2D eigenvalue weighted by Gasteiger charge is -2.28. The lowest BCUT2D eigenvalue weighted by atomic mass is 10.1. The first kappa shape index (κ1) is 15.8. The van der Waals surface area contributed by atoms with Gasteiger partial charge in [-0.2, -0.15) is 0 Å². The van der Waals surface area contributed by atoms with Crippen molar-refractivity contribution in [3.05, 3.63) is 90.0 Å². The molecular formula is C21H19NO2. The Balaban J connectivity index is 2.24. The molecule has 0 amide bonds. The summed E-state index contributed by atoms with van der Waals surface area (Å²) in [6.45, 7) is 2.06. The zero-order valence-electron chi connectivity index (χ0n) is 13.8. The third kappa shape index (κ3) is 3.01. The molecule has 0 aliphatic rings. The maximum atomic E-state index is 12.2. The van der Waals surface area contributed by atoms with Crippen molar-refractivity contribution in [3.8, 4) is 0 Å². The largest absolute Gasteiger partial charge is 0.465 e. The molecule has 120 valence electrons. The van der Waals surface area contributed by atoms with Gasteiger partial charge in [0.05, 0.1) is 18.4 Å². The van der Waals surface area contributed by atoms with E-state index in [-0.39, 0.29) is 5.97 Å². The number of anilines is 3. The second-order valence-electron chi connectivity index (χ2n) is 5.47. The van der Waals surface area contributed by atoms with E-state index in [0.29, 0.717) is 5.56 Å². The third-order valence-electron chi connectivity index (χ3n) is 3.92. The van der Waals surface area contributed by atoms with Crippen LogP contribution in [0.25, 0.3) is 0 Å². The predicted octanol–water partition coefficient (Wildman–Crippen LogP) is 5.25. The van der Waals surface area contributed by atoms with Crippen molar-refractivity contribution < 1.29 is 9.53 Å². The molecule has 3 nitrogen and oxygen atoms in total. The molecule has 0 aromatic heterocycles. The number of rotatable bonds is 4. The van der Waals surface area contributed by atoms with E-state index in [9.17, 15) is 4.79 Å². The number of ether oxygens (including phenoxy) is 1. The maximum Gasteiger partial charge on any atom is 0.339 e. The van der Waals surface area contributed by atoms with Crippen molar-refractivity contribution in [2.24, 2.45) is 0 Å². The molecule has 0 atom stereocenters. The van der Waals surface area contributed by atoms with E-state index in [0.717, 1.165) is 22.6 Å². The molecule has 0 unspecified atom stereocenters. The fourth-order valence-corrected chi connectivity index (χ4v) is 2.75. The van der Waals surface area contributed by atoms with Crippen molar-refractivity contribution >= 4 is 23.0 Å². The SMILES string of the molecule is COC(=O)c1ccccc1N(c1ccccc1)c1ccccc1C. The first-order valence-electron chi connectivity index (χ1n) is 7.80. The van der Waals surface area contributed by atoms with Crippen molar-refractivity contribution in [1.29, 1.82) is 0 Å². The smallest absolute Gasteiger partial charge is 0.339 e. The second kappa shape index (κ2) is 7.01. The quantitative estimate of drug-likeness (QED) is 0.615. The first-order valence-corrected chi connectivity index (χ1v) is 7.80. The van der Waals surface area contributed by atoms with Crippen LogP contribution in [-0.4, -0.2) is 13.1 Å². The lowest BCUT2D eigenvalue weighted by molar-refractivity contribution is 0.0601. The van der Waals surface area contributed by atoms with E-state index in [1.807, 2.05) is 60.7 Å². The fraction of sp³-hybridized carbons (Fsp3) is 0.0952. The second-order valence-corrected chi connectivity index (χ2v) is 5.47. The van der Waals surface area contributed by atoms with Gasteiger partial charge in [0.15, 0.2) is 0 Å². The number of para-hydroxylation sites is 3. The summed E-state index contributed by atoms with van der Waals surface area (Å²) in [5.41, 5.74) is 4.47. The molecule has 3 aromatic carbocycles. The highest BCUT2D eigenvalue weighted by Crippen LogP contribution is 2.38. The number of nitrogens with zero attached hydrogens (tertiary/aromatic N) is 1. The number of benzene rings is 3. The summed E-state index contributed by atoms with van der Waals surface area (Å²) >= 11 is 0. The summed E-state index contributed by atoms with van der Waals surface area (Å²) in [4.78, 5) is 14.3. The minimum atomic E-state index is -0.347. The van der Waals surface area contributed by atoms with E-state index >= 15 is 0 Å². The van der Waals surface area contributed by atoms with E-state index in [2.05, 4.69) is 24.0 Å². The van der Waals surface area contributed by atoms with Gasteiger partial charge in [0.2, 0.25) is 0 Å². The molecule has 0 saturated heterocycles. The van der Waals surface area contributed by atoms with Crippen LogP contribution in [0.4, 0.5) is 17.1 Å². The van der Waals surface area contributed by atoms with Crippen molar-refractivity contribution in [3.63, 3.8) is 0 Å². The molecule has 0 aliphatic heterocycles. The van der Waals surface area contributed by atoms with Crippen LogP contribution in [0.1, 0.15) is 15.9 Å². The van der Waals surface area contributed by atoms with Crippen LogP contribution in [0.5, 0.6) is 0 Å². The van der Waals surface area contributed by atoms with Gasteiger partial charge >= 0.3 is 5.97 Å². The molecule has 0 N–H and O–H groups in total. The summed E-state index contributed by atoms with van der Waals surface area (Å²) in [6.07, 6.45) is 0. The molecule has 0 spiro atoms. The number of methoxy groups -OCH3 is 1. The summed E-state index contributed by atoms with van der Waals surface area (Å²) < 4.78 is 4.96. The number of hydrogen-bond donors (Lipinski definition) is 0. The summed E-state index contributed by atoms with van der Waals surface area (Å²) in [7, 11) is 1.40. The topological polar surface area (TPSA) is 29.5 Å². The zero-order valence-corrected chi connectivity index (χ0v) is 13.8. The highest BCUT2D eigenvalue weighted by molar-refractivity contribution is 5.98. The Bertz CT molecular complexity index is 843. The molecule has 3 heteroatoms. The first-order chi connectivity index (χ1) is 11.7. The summed E-state index contributed by atoms with van der Waals surface area (Å²) in [5, 5.41) is 0. The van der Waals surface area contributed by atoms with E-state index in [4.69, 9.17) is 4.74 Å². The van der Waals surface area contributed by atoms with E-state index in [1.54, 1.807) is 6.07 Å². The third-order valence-corrected chi connectivity index (χ3v) is 3.92. The fourth-order valence-electron chi connectivity index (χ4n) is 2.75. The van der Waals surface area contributed by atoms with Crippen LogP contribution in [-0.2, 0) is 4.74 Å². The number of esters is 1. The van der Waals surface area contributed by atoms with Gasteiger partial charge < -0.3 is 9.64 Å². The number of carbonyl (C=O) groups is 1. The summed E-state index contributed by atoms with van der Waals surface area (Å²) in [6, 6.07) is 25.6. The van der Waals surface area contributed by atoms with Gasteiger partial charge in [0.1, 0.15) is 0 Å². The van der Waals surface area contributed by atoms with Crippen molar-refractivity contribution in [1.82, 2.24) is 0 Å². The lowest BCUT2D eigenvalue weighted by Crippen LogP contribution is -2.15.